The Kier molecular flexibility index (Phi) is 2.25. The summed E-state index contributed by atoms with van der Waals surface area (Å²) < 4.78 is 5.13. The third kappa shape index (κ3) is 1.46. The first-order valence-corrected chi connectivity index (χ1v) is 3.57. The van der Waals surface area contributed by atoms with E-state index in [4.69, 9.17) is 16.2 Å². The van der Waals surface area contributed by atoms with Crippen LogP contribution >= 0.6 is 0 Å². The van der Waals surface area contributed by atoms with Crippen molar-refractivity contribution in [3.05, 3.63) is 0 Å². The monoisotopic (exact) mass is 145 g/mol. The van der Waals surface area contributed by atoms with E-state index in [1.54, 1.807) is 0 Å². The third-order valence-electron chi connectivity index (χ3n) is 1.81. The van der Waals surface area contributed by atoms with Crippen LogP contribution in [0.2, 0.25) is 0 Å². The third-order valence-corrected chi connectivity index (χ3v) is 1.81. The summed E-state index contributed by atoms with van der Waals surface area (Å²) in [6, 6.07) is 0. The lowest BCUT2D eigenvalue weighted by Gasteiger charge is -2.40. The predicted molar refractivity (Wildman–Crippen MR) is 39.2 cm³/mol. The van der Waals surface area contributed by atoms with E-state index in [0.717, 1.165) is 19.7 Å². The van der Waals surface area contributed by atoms with Gasteiger partial charge in [-0.05, 0) is 6.54 Å². The van der Waals surface area contributed by atoms with E-state index in [9.17, 15) is 0 Å². The normalized spacial score (nSPS) is 26.7. The molecule has 1 rings (SSSR count). The van der Waals surface area contributed by atoms with Crippen LogP contribution in [0.1, 0.15) is 6.92 Å². The van der Waals surface area contributed by atoms with E-state index in [2.05, 4.69) is 0 Å². The Hall–Kier alpha value is -0.160. The Balaban J connectivity index is 2.51. The van der Waals surface area contributed by atoms with Crippen LogP contribution in [0.25, 0.3) is 0 Å². The molecular weight excluding hydrogens is 130 g/mol. The van der Waals surface area contributed by atoms with Gasteiger partial charge in [-0.2, -0.15) is 0 Å². The summed E-state index contributed by atoms with van der Waals surface area (Å²) in [6.45, 7) is 4.93. The minimum atomic E-state index is -0.743. The van der Waals surface area contributed by atoms with Crippen LogP contribution in [0.15, 0.2) is 0 Å². The van der Waals surface area contributed by atoms with Crippen LogP contribution < -0.4 is 11.5 Å². The van der Waals surface area contributed by atoms with Crippen molar-refractivity contribution in [2.24, 2.45) is 11.5 Å². The topological polar surface area (TPSA) is 64.5 Å². The summed E-state index contributed by atoms with van der Waals surface area (Å²) in [7, 11) is 0. The van der Waals surface area contributed by atoms with Gasteiger partial charge in [0.15, 0.2) is 0 Å². The van der Waals surface area contributed by atoms with Crippen molar-refractivity contribution in [2.45, 2.75) is 12.7 Å². The summed E-state index contributed by atoms with van der Waals surface area (Å²) in [6.07, 6.45) is 0. The molecule has 60 valence electrons. The predicted octanol–water partition coefficient (Wildman–Crippen LogP) is -1.09. The highest BCUT2D eigenvalue weighted by molar-refractivity contribution is 4.80. The zero-order chi connectivity index (χ0) is 7.61. The number of nitrogens with two attached hydrogens (primary N) is 2. The van der Waals surface area contributed by atoms with Gasteiger partial charge in [-0.25, -0.2) is 0 Å². The van der Waals surface area contributed by atoms with Gasteiger partial charge < -0.3 is 4.74 Å². The van der Waals surface area contributed by atoms with Crippen molar-refractivity contribution in [3.63, 3.8) is 0 Å². The van der Waals surface area contributed by atoms with Gasteiger partial charge in [0.1, 0.15) is 5.79 Å². The van der Waals surface area contributed by atoms with E-state index < -0.39 is 5.79 Å². The van der Waals surface area contributed by atoms with Gasteiger partial charge in [0.2, 0.25) is 0 Å². The molecular formula is C6H15N3O. The molecule has 0 aliphatic carbocycles. The standard InChI is InChI=1S/C6H15N3O/c1-2-9-3-4-10-5-6(9,7)8/h2-5,7-8H2,1H3. The molecule has 1 heterocycles. The molecule has 0 aromatic heterocycles. The van der Waals surface area contributed by atoms with Crippen molar-refractivity contribution < 1.29 is 4.74 Å². The van der Waals surface area contributed by atoms with Gasteiger partial charge in [0.05, 0.1) is 13.2 Å². The number of rotatable bonds is 1. The molecule has 0 radical (unpaired) electrons. The summed E-state index contributed by atoms with van der Waals surface area (Å²) in [5.41, 5.74) is 11.4. The highest BCUT2D eigenvalue weighted by Gasteiger charge is 2.30. The van der Waals surface area contributed by atoms with Gasteiger partial charge in [0, 0.05) is 6.54 Å². The molecule has 4 nitrogen and oxygen atoms in total. The van der Waals surface area contributed by atoms with Crippen LogP contribution in [-0.4, -0.2) is 37.0 Å². The maximum atomic E-state index is 5.71. The van der Waals surface area contributed by atoms with Crippen molar-refractivity contribution in [3.8, 4) is 0 Å². The number of likely N-dealkylation sites (N-methyl/N-ethyl adjacent to an activating group) is 1. The van der Waals surface area contributed by atoms with Crippen LogP contribution in [-0.2, 0) is 4.74 Å². The van der Waals surface area contributed by atoms with Crippen molar-refractivity contribution in [1.82, 2.24) is 4.90 Å². The lowest BCUT2D eigenvalue weighted by molar-refractivity contribution is -0.0608. The molecule has 1 fully saturated rings. The molecule has 0 unspecified atom stereocenters. The average Bonchev–Trinajstić information content (AvgIpc) is 1.87. The maximum Gasteiger partial charge on any atom is 0.145 e. The molecule has 0 aromatic rings. The van der Waals surface area contributed by atoms with Crippen molar-refractivity contribution in [2.75, 3.05) is 26.3 Å². The molecule has 0 saturated carbocycles. The van der Waals surface area contributed by atoms with Crippen molar-refractivity contribution >= 4 is 0 Å². The SMILES string of the molecule is CCN1CCOCC1(N)N. The molecule has 10 heavy (non-hydrogen) atoms. The average molecular weight is 145 g/mol. The molecule has 0 amide bonds. The zero-order valence-corrected chi connectivity index (χ0v) is 6.34. The zero-order valence-electron chi connectivity index (χ0n) is 6.34. The smallest absolute Gasteiger partial charge is 0.145 e. The molecule has 1 aliphatic rings. The fourth-order valence-electron chi connectivity index (χ4n) is 1.16. The maximum absolute atomic E-state index is 5.71. The second-order valence-corrected chi connectivity index (χ2v) is 2.62. The van der Waals surface area contributed by atoms with Gasteiger partial charge in [0.25, 0.3) is 0 Å². The first-order valence-electron chi connectivity index (χ1n) is 3.57. The summed E-state index contributed by atoms with van der Waals surface area (Å²) in [4.78, 5) is 2.01. The number of morpholine rings is 1. The van der Waals surface area contributed by atoms with Crippen LogP contribution in [0.4, 0.5) is 0 Å². The number of hydrogen-bond donors (Lipinski definition) is 2. The minimum Gasteiger partial charge on any atom is -0.375 e. The summed E-state index contributed by atoms with van der Waals surface area (Å²) >= 11 is 0. The Morgan fingerprint density at radius 2 is 2.30 bits per heavy atom. The quantitative estimate of drug-likeness (QED) is 0.460. The van der Waals surface area contributed by atoms with E-state index >= 15 is 0 Å². The van der Waals surface area contributed by atoms with Gasteiger partial charge in [-0.3, -0.25) is 16.4 Å². The molecule has 0 aromatic carbocycles. The lowest BCUT2D eigenvalue weighted by atomic mass is 10.3. The number of hydrogen-bond acceptors (Lipinski definition) is 4. The van der Waals surface area contributed by atoms with Crippen LogP contribution in [0, 0.1) is 0 Å². The fraction of sp³-hybridized carbons (Fsp3) is 1.00. The van der Waals surface area contributed by atoms with Gasteiger partial charge in [-0.15, -0.1) is 0 Å². The molecule has 0 spiro atoms. The Bertz CT molecular complexity index is 116. The van der Waals surface area contributed by atoms with E-state index in [1.165, 1.54) is 0 Å². The number of nitrogens with zero attached hydrogens (tertiary/aromatic N) is 1. The van der Waals surface area contributed by atoms with E-state index in [-0.39, 0.29) is 0 Å². The Morgan fingerprint density at radius 1 is 1.60 bits per heavy atom. The molecule has 1 saturated heterocycles. The fourth-order valence-corrected chi connectivity index (χ4v) is 1.16. The van der Waals surface area contributed by atoms with Gasteiger partial charge >= 0.3 is 0 Å². The second-order valence-electron chi connectivity index (χ2n) is 2.62. The Morgan fingerprint density at radius 3 is 2.70 bits per heavy atom. The van der Waals surface area contributed by atoms with Gasteiger partial charge in [-0.1, -0.05) is 6.92 Å². The highest BCUT2D eigenvalue weighted by Crippen LogP contribution is 2.06. The van der Waals surface area contributed by atoms with Crippen molar-refractivity contribution in [1.29, 1.82) is 0 Å². The highest BCUT2D eigenvalue weighted by atomic mass is 16.5. The number of ether oxygens (including phenoxy) is 1. The van der Waals surface area contributed by atoms with E-state index in [0.29, 0.717) is 6.61 Å². The first-order chi connectivity index (χ1) is 4.67. The van der Waals surface area contributed by atoms with Crippen LogP contribution in [0.5, 0.6) is 0 Å². The minimum absolute atomic E-state index is 0.431. The first kappa shape index (κ1) is 7.94. The summed E-state index contributed by atoms with van der Waals surface area (Å²) in [5.74, 6) is -0.743. The van der Waals surface area contributed by atoms with Crippen LogP contribution in [0.3, 0.4) is 0 Å². The molecule has 0 atom stereocenters. The van der Waals surface area contributed by atoms with E-state index in [1.807, 2.05) is 11.8 Å². The molecule has 4 heteroatoms. The molecule has 0 bridgehead atoms. The Labute approximate surface area is 61.1 Å². The largest absolute Gasteiger partial charge is 0.375 e. The lowest BCUT2D eigenvalue weighted by Crippen LogP contribution is -2.68. The molecule has 1 aliphatic heterocycles. The summed E-state index contributed by atoms with van der Waals surface area (Å²) in [5, 5.41) is 0. The second kappa shape index (κ2) is 2.84. The molecule has 4 N–H and O–H groups in total.